The third kappa shape index (κ3) is 4.74. The third-order valence-electron chi connectivity index (χ3n) is 6.00. The molecule has 5 rings (SSSR count). The molecule has 0 radical (unpaired) electrons. The van der Waals surface area contributed by atoms with Gasteiger partial charge in [0.2, 0.25) is 5.95 Å². The number of hydrogen-bond donors (Lipinski definition) is 2. The van der Waals surface area contributed by atoms with E-state index in [0.29, 0.717) is 34.9 Å². The standard InChI is InChI=1S/C22H25ClN6O4S/c1-13-3-5-16(6-4-13)34(30,31)12-14-10-32-20-18(11-33-19(14)20)27-21-17(23)8-24-22(28-21)26-15-7-25-29(2)9-15/h3-9,14,18-20H,10-12H2,1-2H3,(H2,24,26,27,28). The number of aromatic nitrogens is 4. The van der Waals surface area contributed by atoms with E-state index < -0.39 is 9.84 Å². The van der Waals surface area contributed by atoms with Crippen LogP contribution in [0, 0.1) is 12.8 Å². The summed E-state index contributed by atoms with van der Waals surface area (Å²) in [5.41, 5.74) is 1.76. The van der Waals surface area contributed by atoms with Crippen LogP contribution in [-0.2, 0) is 26.4 Å². The van der Waals surface area contributed by atoms with Crippen LogP contribution in [0.5, 0.6) is 0 Å². The Hall–Kier alpha value is -2.73. The summed E-state index contributed by atoms with van der Waals surface area (Å²) < 4.78 is 39.5. The highest BCUT2D eigenvalue weighted by Crippen LogP contribution is 2.35. The van der Waals surface area contributed by atoms with Gasteiger partial charge in [0.1, 0.15) is 11.1 Å². The van der Waals surface area contributed by atoms with Crippen LogP contribution in [0.3, 0.4) is 0 Å². The Bertz CT molecular complexity index is 1280. The molecule has 1 aromatic carbocycles. The van der Waals surface area contributed by atoms with E-state index in [1.165, 1.54) is 6.20 Å². The topological polar surface area (TPSA) is 120 Å². The molecule has 10 nitrogen and oxygen atoms in total. The van der Waals surface area contributed by atoms with Crippen LogP contribution in [0.1, 0.15) is 5.56 Å². The predicted molar refractivity (Wildman–Crippen MR) is 127 cm³/mol. The maximum absolute atomic E-state index is 12.9. The highest BCUT2D eigenvalue weighted by atomic mass is 35.5. The van der Waals surface area contributed by atoms with E-state index in [0.717, 1.165) is 11.3 Å². The van der Waals surface area contributed by atoms with Crippen molar-refractivity contribution in [2.75, 3.05) is 29.6 Å². The number of benzene rings is 1. The molecule has 12 heteroatoms. The normalized spacial score (nSPS) is 24.2. The number of rotatable bonds is 7. The number of hydrogen-bond acceptors (Lipinski definition) is 9. The molecule has 3 aromatic rings. The van der Waals surface area contributed by atoms with Crippen molar-refractivity contribution in [2.24, 2.45) is 13.0 Å². The first-order valence-corrected chi connectivity index (χ1v) is 12.9. The number of fused-ring (bicyclic) bond motifs is 1. The van der Waals surface area contributed by atoms with Crippen molar-refractivity contribution in [3.05, 3.63) is 53.4 Å². The monoisotopic (exact) mass is 504 g/mol. The van der Waals surface area contributed by atoms with Crippen LogP contribution in [0.15, 0.2) is 47.8 Å². The van der Waals surface area contributed by atoms with E-state index in [9.17, 15) is 8.42 Å². The average molecular weight is 505 g/mol. The van der Waals surface area contributed by atoms with Crippen molar-refractivity contribution in [3.63, 3.8) is 0 Å². The fourth-order valence-electron chi connectivity index (χ4n) is 4.29. The summed E-state index contributed by atoms with van der Waals surface area (Å²) in [6, 6.07) is 6.67. The highest BCUT2D eigenvalue weighted by Gasteiger charge is 2.49. The number of nitrogens with one attached hydrogen (secondary N) is 2. The summed E-state index contributed by atoms with van der Waals surface area (Å²) in [4.78, 5) is 9.00. The Balaban J connectivity index is 1.25. The van der Waals surface area contributed by atoms with Crippen molar-refractivity contribution in [3.8, 4) is 0 Å². The summed E-state index contributed by atoms with van der Waals surface area (Å²) in [6.45, 7) is 2.58. The molecule has 4 unspecified atom stereocenters. The lowest BCUT2D eigenvalue weighted by molar-refractivity contribution is 0.0656. The minimum Gasteiger partial charge on any atom is -0.373 e. The van der Waals surface area contributed by atoms with Crippen LogP contribution >= 0.6 is 11.6 Å². The van der Waals surface area contributed by atoms with Gasteiger partial charge in [-0.05, 0) is 19.1 Å². The lowest BCUT2D eigenvalue weighted by Gasteiger charge is -2.19. The number of sulfone groups is 1. The Kier molecular flexibility index (Phi) is 6.19. The zero-order valence-electron chi connectivity index (χ0n) is 18.7. The Morgan fingerprint density at radius 2 is 1.91 bits per heavy atom. The minimum absolute atomic E-state index is 0.0304. The second kappa shape index (κ2) is 9.14. The fraction of sp³-hybridized carbons (Fsp3) is 0.409. The quantitative estimate of drug-likeness (QED) is 0.500. The van der Waals surface area contributed by atoms with Crippen molar-refractivity contribution in [2.45, 2.75) is 30.1 Å². The molecule has 0 amide bonds. The molecule has 34 heavy (non-hydrogen) atoms. The second-order valence-corrected chi connectivity index (χ2v) is 11.1. The van der Waals surface area contributed by atoms with Crippen LogP contribution in [0.4, 0.5) is 17.5 Å². The zero-order valence-corrected chi connectivity index (χ0v) is 20.3. The molecule has 2 saturated heterocycles. The maximum Gasteiger partial charge on any atom is 0.229 e. The summed E-state index contributed by atoms with van der Waals surface area (Å²) in [7, 11) is -1.64. The van der Waals surface area contributed by atoms with Gasteiger partial charge in [-0.2, -0.15) is 10.1 Å². The zero-order chi connectivity index (χ0) is 23.9. The molecular weight excluding hydrogens is 480 g/mol. The smallest absolute Gasteiger partial charge is 0.229 e. The van der Waals surface area contributed by atoms with Crippen molar-refractivity contribution >= 4 is 38.9 Å². The first-order valence-electron chi connectivity index (χ1n) is 10.9. The number of aryl methyl sites for hydroxylation is 2. The van der Waals surface area contributed by atoms with Crippen molar-refractivity contribution in [1.82, 2.24) is 19.7 Å². The number of anilines is 3. The van der Waals surface area contributed by atoms with Crippen molar-refractivity contribution < 1.29 is 17.9 Å². The fourth-order valence-corrected chi connectivity index (χ4v) is 6.03. The summed E-state index contributed by atoms with van der Waals surface area (Å²) >= 11 is 6.33. The Morgan fingerprint density at radius 1 is 1.15 bits per heavy atom. The number of nitrogens with zero attached hydrogens (tertiary/aromatic N) is 4. The Morgan fingerprint density at radius 3 is 2.65 bits per heavy atom. The van der Waals surface area contributed by atoms with Crippen LogP contribution in [-0.4, -0.2) is 65.4 Å². The molecule has 4 heterocycles. The van der Waals surface area contributed by atoms with Gasteiger partial charge >= 0.3 is 0 Å². The predicted octanol–water partition coefficient (Wildman–Crippen LogP) is 2.58. The van der Waals surface area contributed by atoms with E-state index in [4.69, 9.17) is 21.1 Å². The molecule has 2 aromatic heterocycles. The third-order valence-corrected chi connectivity index (χ3v) is 8.13. The van der Waals surface area contributed by atoms with Crippen LogP contribution < -0.4 is 10.6 Å². The van der Waals surface area contributed by atoms with E-state index in [1.807, 2.05) is 14.0 Å². The molecule has 4 atom stereocenters. The lowest BCUT2D eigenvalue weighted by atomic mass is 10.0. The van der Waals surface area contributed by atoms with E-state index >= 15 is 0 Å². The first kappa shape index (κ1) is 23.0. The van der Waals surface area contributed by atoms with Gasteiger partial charge < -0.3 is 20.1 Å². The van der Waals surface area contributed by atoms with E-state index in [1.54, 1.807) is 41.3 Å². The molecule has 0 aliphatic carbocycles. The molecule has 0 spiro atoms. The summed E-state index contributed by atoms with van der Waals surface area (Å²) in [6.07, 6.45) is 4.34. The molecule has 2 aliphatic heterocycles. The van der Waals surface area contributed by atoms with Gasteiger partial charge in [0.25, 0.3) is 0 Å². The highest BCUT2D eigenvalue weighted by molar-refractivity contribution is 7.91. The molecule has 2 N–H and O–H groups in total. The second-order valence-electron chi connectivity index (χ2n) is 8.62. The molecule has 2 fully saturated rings. The van der Waals surface area contributed by atoms with Gasteiger partial charge in [0.15, 0.2) is 15.7 Å². The van der Waals surface area contributed by atoms with E-state index in [2.05, 4.69) is 25.7 Å². The van der Waals surface area contributed by atoms with Gasteiger partial charge in [-0.1, -0.05) is 29.3 Å². The summed E-state index contributed by atoms with van der Waals surface area (Å²) in [5, 5.41) is 10.8. The van der Waals surface area contributed by atoms with Gasteiger partial charge in [-0.15, -0.1) is 0 Å². The molecule has 0 saturated carbocycles. The maximum atomic E-state index is 12.9. The van der Waals surface area contributed by atoms with Crippen molar-refractivity contribution in [1.29, 1.82) is 0 Å². The molecule has 0 bridgehead atoms. The minimum atomic E-state index is -3.45. The SMILES string of the molecule is Cc1ccc(S(=O)(=O)CC2COC3C(Nc4nc(Nc5cnn(C)c5)ncc4Cl)COC23)cc1. The van der Waals surface area contributed by atoms with E-state index in [-0.39, 0.29) is 29.9 Å². The molecular formula is C22H25ClN6O4S. The molecule has 2 aliphatic rings. The molecule has 180 valence electrons. The van der Waals surface area contributed by atoms with Gasteiger partial charge in [0, 0.05) is 19.2 Å². The number of ether oxygens (including phenoxy) is 2. The largest absolute Gasteiger partial charge is 0.373 e. The van der Waals surface area contributed by atoms with Crippen LogP contribution in [0.25, 0.3) is 0 Å². The van der Waals surface area contributed by atoms with Gasteiger partial charge in [-0.25, -0.2) is 13.4 Å². The summed E-state index contributed by atoms with van der Waals surface area (Å²) in [5.74, 6) is 0.519. The van der Waals surface area contributed by atoms with Crippen LogP contribution in [0.2, 0.25) is 5.02 Å². The lowest BCUT2D eigenvalue weighted by Crippen LogP contribution is -2.36. The first-order chi connectivity index (χ1) is 16.3. The average Bonchev–Trinajstić information content (AvgIpc) is 3.49. The Labute approximate surface area is 202 Å². The van der Waals surface area contributed by atoms with Gasteiger partial charge in [-0.3, -0.25) is 4.68 Å². The van der Waals surface area contributed by atoms with Gasteiger partial charge in [0.05, 0.1) is 54.1 Å². The number of halogens is 1.